The van der Waals surface area contributed by atoms with E-state index < -0.39 is 0 Å². The molecule has 0 radical (unpaired) electrons. The number of nitrogens with zero attached hydrogens (tertiary/aromatic N) is 2. The minimum Gasteiger partial charge on any atom is -0.348 e. The molecule has 0 atom stereocenters. The summed E-state index contributed by atoms with van der Waals surface area (Å²) in [5.41, 5.74) is 1.65. The summed E-state index contributed by atoms with van der Waals surface area (Å²) in [6.45, 7) is 2.05. The van der Waals surface area contributed by atoms with E-state index in [0.29, 0.717) is 11.7 Å². The van der Waals surface area contributed by atoms with Crippen LogP contribution in [0.15, 0.2) is 6.07 Å². The highest BCUT2D eigenvalue weighted by atomic mass is 16.2. The molecule has 2 rings (SSSR count). The molecule has 1 saturated carbocycles. The molecule has 1 aliphatic carbocycles. The lowest BCUT2D eigenvalue weighted by Crippen LogP contribution is -2.37. The van der Waals surface area contributed by atoms with Gasteiger partial charge in [-0.05, 0) is 25.3 Å². The topological polar surface area (TPSA) is 46.9 Å². The Hall–Kier alpha value is -1.32. The monoisotopic (exact) mass is 235 g/mol. The van der Waals surface area contributed by atoms with Crippen LogP contribution in [0.25, 0.3) is 0 Å². The van der Waals surface area contributed by atoms with Crippen molar-refractivity contribution in [2.45, 2.75) is 51.5 Å². The molecule has 0 bridgehead atoms. The molecule has 1 fully saturated rings. The Balaban J connectivity index is 2.00. The first-order chi connectivity index (χ1) is 8.20. The summed E-state index contributed by atoms with van der Waals surface area (Å²) in [6, 6.07) is 2.24. The minimum absolute atomic E-state index is 0.0200. The van der Waals surface area contributed by atoms with Crippen molar-refractivity contribution < 1.29 is 4.79 Å². The lowest BCUT2D eigenvalue weighted by Gasteiger charge is -2.22. The number of nitrogens with one attached hydrogen (secondary N) is 1. The van der Waals surface area contributed by atoms with Crippen molar-refractivity contribution in [2.24, 2.45) is 7.05 Å². The Bertz CT molecular complexity index is 391. The zero-order valence-electron chi connectivity index (χ0n) is 10.7. The second-order valence-electron chi connectivity index (χ2n) is 4.81. The highest BCUT2D eigenvalue weighted by molar-refractivity contribution is 5.92. The fourth-order valence-electron chi connectivity index (χ4n) is 2.42. The fourth-order valence-corrected chi connectivity index (χ4v) is 2.42. The Labute approximate surface area is 102 Å². The second kappa shape index (κ2) is 5.34. The SMILES string of the molecule is CCc1cc(C(=O)NC2CCCCC2)n(C)n1. The molecule has 1 aromatic rings. The maximum Gasteiger partial charge on any atom is 0.269 e. The van der Waals surface area contributed by atoms with Crippen LogP contribution in [0, 0.1) is 0 Å². The van der Waals surface area contributed by atoms with E-state index in [1.165, 1.54) is 19.3 Å². The molecule has 1 N–H and O–H groups in total. The molecule has 1 heterocycles. The molecule has 1 aromatic heterocycles. The smallest absolute Gasteiger partial charge is 0.269 e. The van der Waals surface area contributed by atoms with Crippen molar-refractivity contribution >= 4 is 5.91 Å². The number of aromatic nitrogens is 2. The third-order valence-corrected chi connectivity index (χ3v) is 3.47. The van der Waals surface area contributed by atoms with Crippen LogP contribution in [0.2, 0.25) is 0 Å². The van der Waals surface area contributed by atoms with Gasteiger partial charge in [0.2, 0.25) is 0 Å². The summed E-state index contributed by atoms with van der Waals surface area (Å²) in [7, 11) is 1.83. The van der Waals surface area contributed by atoms with E-state index in [2.05, 4.69) is 10.4 Å². The molecule has 0 spiro atoms. The predicted molar refractivity (Wildman–Crippen MR) is 66.9 cm³/mol. The first kappa shape index (κ1) is 12.1. The van der Waals surface area contributed by atoms with Gasteiger partial charge < -0.3 is 5.32 Å². The molecule has 4 nitrogen and oxygen atoms in total. The predicted octanol–water partition coefficient (Wildman–Crippen LogP) is 2.04. The Morgan fingerprint density at radius 1 is 1.47 bits per heavy atom. The largest absolute Gasteiger partial charge is 0.348 e. The lowest BCUT2D eigenvalue weighted by atomic mass is 9.95. The quantitative estimate of drug-likeness (QED) is 0.871. The van der Waals surface area contributed by atoms with Crippen molar-refractivity contribution in [1.82, 2.24) is 15.1 Å². The molecular weight excluding hydrogens is 214 g/mol. The number of carbonyl (C=O) groups excluding carboxylic acids is 1. The maximum atomic E-state index is 12.1. The first-order valence-electron chi connectivity index (χ1n) is 6.54. The summed E-state index contributed by atoms with van der Waals surface area (Å²) in [5, 5.41) is 7.41. The molecule has 0 saturated heterocycles. The van der Waals surface area contributed by atoms with Gasteiger partial charge >= 0.3 is 0 Å². The summed E-state index contributed by atoms with van der Waals surface area (Å²) in [5.74, 6) is 0.0200. The van der Waals surface area contributed by atoms with Crippen LogP contribution in [0.3, 0.4) is 0 Å². The molecule has 17 heavy (non-hydrogen) atoms. The van der Waals surface area contributed by atoms with Gasteiger partial charge in [-0.2, -0.15) is 5.10 Å². The molecule has 0 aromatic carbocycles. The van der Waals surface area contributed by atoms with Gasteiger partial charge in [0.15, 0.2) is 0 Å². The maximum absolute atomic E-state index is 12.1. The van der Waals surface area contributed by atoms with Crippen LogP contribution >= 0.6 is 0 Å². The van der Waals surface area contributed by atoms with E-state index in [-0.39, 0.29) is 5.91 Å². The van der Waals surface area contributed by atoms with Crippen molar-refractivity contribution in [3.8, 4) is 0 Å². The van der Waals surface area contributed by atoms with Gasteiger partial charge in [0, 0.05) is 13.1 Å². The van der Waals surface area contributed by atoms with Crippen LogP contribution in [0.4, 0.5) is 0 Å². The molecule has 94 valence electrons. The van der Waals surface area contributed by atoms with Crippen LogP contribution in [0.1, 0.15) is 55.2 Å². The van der Waals surface area contributed by atoms with Crippen molar-refractivity contribution in [3.63, 3.8) is 0 Å². The number of hydrogen-bond acceptors (Lipinski definition) is 2. The third kappa shape index (κ3) is 2.87. The van der Waals surface area contributed by atoms with Crippen molar-refractivity contribution in [3.05, 3.63) is 17.5 Å². The van der Waals surface area contributed by atoms with Gasteiger partial charge in [-0.25, -0.2) is 0 Å². The van der Waals surface area contributed by atoms with Gasteiger partial charge in [0.1, 0.15) is 5.69 Å². The summed E-state index contributed by atoms with van der Waals surface area (Å²) in [4.78, 5) is 12.1. The zero-order chi connectivity index (χ0) is 12.3. The van der Waals surface area contributed by atoms with Crippen LogP contribution in [-0.2, 0) is 13.5 Å². The number of rotatable bonds is 3. The summed E-state index contributed by atoms with van der Waals surface area (Å²) in [6.07, 6.45) is 6.87. The summed E-state index contributed by atoms with van der Waals surface area (Å²) >= 11 is 0. The molecule has 1 amide bonds. The van der Waals surface area contributed by atoms with Gasteiger partial charge in [-0.3, -0.25) is 9.48 Å². The van der Waals surface area contributed by atoms with Gasteiger partial charge in [-0.15, -0.1) is 0 Å². The molecular formula is C13H21N3O. The first-order valence-corrected chi connectivity index (χ1v) is 6.54. The average Bonchev–Trinajstić information content (AvgIpc) is 2.72. The number of amides is 1. The normalized spacial score (nSPS) is 17.1. The highest BCUT2D eigenvalue weighted by Gasteiger charge is 2.19. The van der Waals surface area contributed by atoms with E-state index in [9.17, 15) is 4.79 Å². The third-order valence-electron chi connectivity index (χ3n) is 3.47. The average molecular weight is 235 g/mol. The molecule has 4 heteroatoms. The minimum atomic E-state index is 0.0200. The van der Waals surface area contributed by atoms with Crippen LogP contribution in [0.5, 0.6) is 0 Å². The second-order valence-corrected chi connectivity index (χ2v) is 4.81. The van der Waals surface area contributed by atoms with Crippen LogP contribution < -0.4 is 5.32 Å². The summed E-state index contributed by atoms with van der Waals surface area (Å²) < 4.78 is 1.68. The van der Waals surface area contributed by atoms with E-state index in [1.54, 1.807) is 4.68 Å². The van der Waals surface area contributed by atoms with Crippen molar-refractivity contribution in [1.29, 1.82) is 0 Å². The van der Waals surface area contributed by atoms with E-state index in [1.807, 2.05) is 20.0 Å². The van der Waals surface area contributed by atoms with Gasteiger partial charge in [0.05, 0.1) is 5.69 Å². The van der Waals surface area contributed by atoms with Gasteiger partial charge in [0.25, 0.3) is 5.91 Å². The molecule has 0 unspecified atom stereocenters. The Morgan fingerprint density at radius 3 is 2.76 bits per heavy atom. The lowest BCUT2D eigenvalue weighted by molar-refractivity contribution is 0.0918. The number of carbonyl (C=O) groups is 1. The highest BCUT2D eigenvalue weighted by Crippen LogP contribution is 2.17. The standard InChI is InChI=1S/C13H21N3O/c1-3-10-9-12(16(2)15-10)13(17)14-11-7-5-4-6-8-11/h9,11H,3-8H2,1-2H3,(H,14,17). The number of hydrogen-bond donors (Lipinski definition) is 1. The fraction of sp³-hybridized carbons (Fsp3) is 0.692. The van der Waals surface area contributed by atoms with E-state index in [4.69, 9.17) is 0 Å². The van der Waals surface area contributed by atoms with Crippen molar-refractivity contribution in [2.75, 3.05) is 0 Å². The van der Waals surface area contributed by atoms with E-state index >= 15 is 0 Å². The zero-order valence-corrected chi connectivity index (χ0v) is 10.7. The van der Waals surface area contributed by atoms with Crippen LogP contribution in [-0.4, -0.2) is 21.7 Å². The Morgan fingerprint density at radius 2 is 2.18 bits per heavy atom. The Kier molecular flexibility index (Phi) is 3.82. The molecule has 0 aliphatic heterocycles. The van der Waals surface area contributed by atoms with E-state index in [0.717, 1.165) is 25.0 Å². The van der Waals surface area contributed by atoms with Gasteiger partial charge in [-0.1, -0.05) is 26.2 Å². The number of aryl methyl sites for hydroxylation is 2. The molecule has 1 aliphatic rings.